The number of primary amides is 1. The number of nitrogens with two attached hydrogens (primary N) is 1. The molecule has 0 unspecified atom stereocenters. The predicted octanol–water partition coefficient (Wildman–Crippen LogP) is 2.13. The fraction of sp³-hybridized carbons (Fsp3) is 0.364. The molecular weight excluding hydrogens is 382 g/mol. The summed E-state index contributed by atoms with van der Waals surface area (Å²) in [5, 5.41) is 5.41. The molecule has 160 valence electrons. The van der Waals surface area contributed by atoms with Crippen molar-refractivity contribution in [3.8, 4) is 5.75 Å². The van der Waals surface area contributed by atoms with Gasteiger partial charge in [-0.25, -0.2) is 4.79 Å². The van der Waals surface area contributed by atoms with Crippen molar-refractivity contribution in [2.75, 3.05) is 56.6 Å². The first-order valence-electron chi connectivity index (χ1n) is 10.1. The number of nitrogens with zero attached hydrogens (tertiary/aromatic N) is 2. The van der Waals surface area contributed by atoms with Crippen LogP contribution in [0.2, 0.25) is 0 Å². The summed E-state index contributed by atoms with van der Waals surface area (Å²) in [6.07, 6.45) is 0.882. The normalized spacial score (nSPS) is 14.2. The number of hydrogen-bond acceptors (Lipinski definition) is 5. The highest BCUT2D eigenvalue weighted by Crippen LogP contribution is 2.20. The number of anilines is 2. The Hall–Kier alpha value is -3.26. The minimum atomic E-state index is -0.653. The Bertz CT molecular complexity index is 848. The van der Waals surface area contributed by atoms with Gasteiger partial charge in [0.15, 0.2) is 0 Å². The van der Waals surface area contributed by atoms with Crippen molar-refractivity contribution in [1.82, 2.24) is 10.2 Å². The molecule has 1 fully saturated rings. The van der Waals surface area contributed by atoms with Crippen LogP contribution in [-0.4, -0.2) is 63.2 Å². The summed E-state index contributed by atoms with van der Waals surface area (Å²) in [5.41, 5.74) is 7.33. The first kappa shape index (κ1) is 21.4. The third kappa shape index (κ3) is 6.12. The van der Waals surface area contributed by atoms with Crippen LogP contribution >= 0.6 is 0 Å². The molecule has 8 heteroatoms. The predicted molar refractivity (Wildman–Crippen MR) is 118 cm³/mol. The lowest BCUT2D eigenvalue weighted by Gasteiger charge is -2.36. The summed E-state index contributed by atoms with van der Waals surface area (Å²) in [4.78, 5) is 28.0. The number of methoxy groups -OCH3 is 1. The molecule has 30 heavy (non-hydrogen) atoms. The highest BCUT2D eigenvalue weighted by Gasteiger charge is 2.17. The van der Waals surface area contributed by atoms with Crippen molar-refractivity contribution < 1.29 is 14.3 Å². The van der Waals surface area contributed by atoms with Crippen molar-refractivity contribution in [2.24, 2.45) is 5.73 Å². The monoisotopic (exact) mass is 411 g/mol. The van der Waals surface area contributed by atoms with Crippen molar-refractivity contribution in [2.45, 2.75) is 6.42 Å². The Kier molecular flexibility index (Phi) is 7.51. The second-order valence-corrected chi connectivity index (χ2v) is 7.21. The summed E-state index contributed by atoms with van der Waals surface area (Å²) in [7, 11) is 1.68. The number of urea groups is 1. The van der Waals surface area contributed by atoms with E-state index in [4.69, 9.17) is 10.5 Å². The van der Waals surface area contributed by atoms with Crippen molar-refractivity contribution in [3.63, 3.8) is 0 Å². The van der Waals surface area contributed by atoms with Crippen molar-refractivity contribution in [3.05, 3.63) is 54.1 Å². The van der Waals surface area contributed by atoms with Crippen molar-refractivity contribution in [1.29, 1.82) is 0 Å². The number of rotatable bonds is 8. The van der Waals surface area contributed by atoms with Gasteiger partial charge in [0.05, 0.1) is 7.11 Å². The molecule has 3 amide bonds. The molecule has 0 aliphatic carbocycles. The molecule has 4 N–H and O–H groups in total. The van der Waals surface area contributed by atoms with Crippen LogP contribution < -0.4 is 26.0 Å². The molecule has 1 saturated heterocycles. The lowest BCUT2D eigenvalue weighted by atomic mass is 10.2. The highest BCUT2D eigenvalue weighted by molar-refractivity contribution is 5.96. The Morgan fingerprint density at radius 1 is 1.07 bits per heavy atom. The largest absolute Gasteiger partial charge is 0.497 e. The van der Waals surface area contributed by atoms with Gasteiger partial charge in [0.1, 0.15) is 5.75 Å². The summed E-state index contributed by atoms with van der Waals surface area (Å²) in [6.45, 7) is 5.52. The Morgan fingerprint density at radius 3 is 2.47 bits per heavy atom. The third-order valence-corrected chi connectivity index (χ3v) is 5.14. The van der Waals surface area contributed by atoms with Crippen LogP contribution in [0.15, 0.2) is 48.5 Å². The molecule has 0 saturated carbocycles. The molecule has 1 aliphatic rings. The molecular formula is C22H29N5O3. The van der Waals surface area contributed by atoms with Crippen molar-refractivity contribution >= 4 is 23.3 Å². The first-order chi connectivity index (χ1) is 14.5. The molecule has 1 aliphatic heterocycles. The molecule has 2 aromatic carbocycles. The maximum atomic E-state index is 12.3. The summed E-state index contributed by atoms with van der Waals surface area (Å²) < 4.78 is 5.22. The first-order valence-corrected chi connectivity index (χ1v) is 10.1. The zero-order valence-electron chi connectivity index (χ0n) is 17.3. The van der Waals surface area contributed by atoms with Gasteiger partial charge in [-0.2, -0.15) is 0 Å². The number of carbonyl (C=O) groups excluding carboxylic acids is 2. The molecule has 0 aromatic heterocycles. The van der Waals surface area contributed by atoms with Crippen LogP contribution in [0.5, 0.6) is 5.75 Å². The fourth-order valence-corrected chi connectivity index (χ4v) is 3.51. The van der Waals surface area contributed by atoms with Gasteiger partial charge in [0, 0.05) is 49.7 Å². The molecule has 1 heterocycles. The maximum absolute atomic E-state index is 12.3. The van der Waals surface area contributed by atoms with E-state index in [1.165, 1.54) is 5.69 Å². The van der Waals surface area contributed by atoms with Crippen LogP contribution in [0, 0.1) is 0 Å². The average molecular weight is 412 g/mol. The minimum absolute atomic E-state index is 0.160. The number of benzene rings is 2. The summed E-state index contributed by atoms with van der Waals surface area (Å²) in [6, 6.07) is 14.2. The zero-order valence-corrected chi connectivity index (χ0v) is 17.3. The van der Waals surface area contributed by atoms with Gasteiger partial charge >= 0.3 is 6.03 Å². The molecule has 3 rings (SSSR count). The van der Waals surface area contributed by atoms with Gasteiger partial charge in [-0.05, 0) is 55.4 Å². The van der Waals surface area contributed by atoms with E-state index in [2.05, 4.69) is 32.6 Å². The van der Waals surface area contributed by atoms with Gasteiger partial charge in [-0.3, -0.25) is 9.69 Å². The molecule has 0 radical (unpaired) electrons. The van der Waals surface area contributed by atoms with E-state index in [0.29, 0.717) is 17.8 Å². The molecule has 8 nitrogen and oxygen atoms in total. The van der Waals surface area contributed by atoms with E-state index in [-0.39, 0.29) is 5.91 Å². The maximum Gasteiger partial charge on any atom is 0.316 e. The number of nitrogens with one attached hydrogen (secondary N) is 2. The summed E-state index contributed by atoms with van der Waals surface area (Å²) in [5.74, 6) is 0.711. The van der Waals surface area contributed by atoms with Crippen LogP contribution in [0.25, 0.3) is 0 Å². The van der Waals surface area contributed by atoms with E-state index in [1.807, 2.05) is 12.1 Å². The molecule has 0 spiro atoms. The number of ether oxygens (including phenoxy) is 1. The lowest BCUT2D eigenvalue weighted by molar-refractivity contribution is 0.0951. The highest BCUT2D eigenvalue weighted by atomic mass is 16.5. The third-order valence-electron chi connectivity index (χ3n) is 5.14. The topological polar surface area (TPSA) is 99.9 Å². The number of piperazine rings is 1. The van der Waals surface area contributed by atoms with Crippen LogP contribution in [0.4, 0.5) is 16.2 Å². The smallest absolute Gasteiger partial charge is 0.316 e. The standard InChI is InChI=1S/C22H29N5O3/c1-30-20-8-6-19(7-9-20)27-14-12-26(13-15-27)11-3-10-24-21(28)17-4-2-5-18(16-17)25-22(23)29/h2,4-9,16H,3,10-15H2,1H3,(H,24,28)(H3,23,25,29). The van der Waals surface area contributed by atoms with E-state index < -0.39 is 6.03 Å². The minimum Gasteiger partial charge on any atom is -0.497 e. The van der Waals surface area contributed by atoms with Gasteiger partial charge in [-0.15, -0.1) is 0 Å². The Morgan fingerprint density at radius 2 is 1.80 bits per heavy atom. The Labute approximate surface area is 177 Å². The average Bonchev–Trinajstić information content (AvgIpc) is 2.77. The Balaban J connectivity index is 1.36. The number of carbonyl (C=O) groups is 2. The lowest BCUT2D eigenvalue weighted by Crippen LogP contribution is -2.47. The number of amides is 3. The fourth-order valence-electron chi connectivity index (χ4n) is 3.51. The van der Waals surface area contributed by atoms with Gasteiger partial charge in [-0.1, -0.05) is 6.07 Å². The van der Waals surface area contributed by atoms with E-state index in [9.17, 15) is 9.59 Å². The zero-order chi connectivity index (χ0) is 21.3. The van der Waals surface area contributed by atoms with Crippen LogP contribution in [0.3, 0.4) is 0 Å². The van der Waals surface area contributed by atoms with Crippen LogP contribution in [-0.2, 0) is 0 Å². The molecule has 0 atom stereocenters. The quantitative estimate of drug-likeness (QED) is 0.578. The van der Waals surface area contributed by atoms with Gasteiger partial charge < -0.3 is 26.0 Å². The molecule has 2 aromatic rings. The van der Waals surface area contributed by atoms with Crippen LogP contribution in [0.1, 0.15) is 16.8 Å². The van der Waals surface area contributed by atoms with E-state index in [1.54, 1.807) is 31.4 Å². The molecule has 0 bridgehead atoms. The number of hydrogen-bond donors (Lipinski definition) is 3. The van der Waals surface area contributed by atoms with Gasteiger partial charge in [0.2, 0.25) is 0 Å². The summed E-state index contributed by atoms with van der Waals surface area (Å²) >= 11 is 0. The second kappa shape index (κ2) is 10.5. The SMILES string of the molecule is COc1ccc(N2CCN(CCCNC(=O)c3cccc(NC(N)=O)c3)CC2)cc1. The van der Waals surface area contributed by atoms with E-state index >= 15 is 0 Å². The second-order valence-electron chi connectivity index (χ2n) is 7.21. The van der Waals surface area contributed by atoms with Gasteiger partial charge in [0.25, 0.3) is 5.91 Å². The van der Waals surface area contributed by atoms with E-state index in [0.717, 1.165) is 44.9 Å².